The predicted molar refractivity (Wildman–Crippen MR) is 78.5 cm³/mol. The second-order valence-electron chi connectivity index (χ2n) is 5.44. The van der Waals surface area contributed by atoms with Crippen molar-refractivity contribution in [2.45, 2.75) is 31.4 Å². The molecule has 20 heavy (non-hydrogen) atoms. The van der Waals surface area contributed by atoms with Crippen molar-refractivity contribution in [1.82, 2.24) is 14.5 Å². The molecule has 2 aromatic heterocycles. The molecule has 0 atom stereocenters. The lowest BCUT2D eigenvalue weighted by Crippen LogP contribution is -2.44. The van der Waals surface area contributed by atoms with Gasteiger partial charge in [0.2, 0.25) is 0 Å². The first-order valence-corrected chi connectivity index (χ1v) is 7.64. The molecule has 1 aliphatic rings. The van der Waals surface area contributed by atoms with Gasteiger partial charge in [-0.05, 0) is 19.8 Å². The quantitative estimate of drug-likeness (QED) is 0.827. The van der Waals surface area contributed by atoms with Crippen LogP contribution in [-0.2, 0) is 0 Å². The van der Waals surface area contributed by atoms with Crippen molar-refractivity contribution < 1.29 is 9.84 Å². The third-order valence-corrected chi connectivity index (χ3v) is 3.92. The zero-order chi connectivity index (χ0) is 14.3. The average Bonchev–Trinajstić information content (AvgIpc) is 2.68. The Hall–Kier alpha value is -1.34. The van der Waals surface area contributed by atoms with E-state index in [1.807, 2.05) is 0 Å². The number of aromatic nitrogens is 3. The Balaban J connectivity index is 1.94. The van der Waals surface area contributed by atoms with E-state index in [1.54, 1.807) is 23.8 Å². The molecule has 6 nitrogen and oxygen atoms in total. The summed E-state index contributed by atoms with van der Waals surface area (Å²) in [4.78, 5) is 19.2. The molecule has 3 rings (SSSR count). The number of rotatable bonds is 4. The largest absolute Gasteiger partial charge is 0.491 e. The van der Waals surface area contributed by atoms with Gasteiger partial charge in [0, 0.05) is 17.4 Å². The molecule has 2 aromatic rings. The zero-order valence-corrected chi connectivity index (χ0v) is 12.7. The van der Waals surface area contributed by atoms with Gasteiger partial charge in [-0.2, -0.15) is 0 Å². The molecule has 0 unspecified atom stereocenters. The molecule has 0 amide bonds. The van der Waals surface area contributed by atoms with Crippen molar-refractivity contribution in [2.75, 3.05) is 11.9 Å². The van der Waals surface area contributed by atoms with E-state index in [-0.39, 0.29) is 11.7 Å². The van der Waals surface area contributed by atoms with Gasteiger partial charge in [-0.3, -0.25) is 4.57 Å². The highest BCUT2D eigenvalue weighted by Crippen LogP contribution is 2.41. The fraction of sp³-hybridized carbons (Fsp3) is 0.538. The molecule has 0 aromatic carbocycles. The first-order valence-electron chi connectivity index (χ1n) is 6.51. The fourth-order valence-electron chi connectivity index (χ4n) is 2.71. The first kappa shape index (κ1) is 13.6. The first-order chi connectivity index (χ1) is 9.50. The second kappa shape index (κ2) is 4.89. The van der Waals surface area contributed by atoms with E-state index < -0.39 is 5.60 Å². The van der Waals surface area contributed by atoms with Gasteiger partial charge in [0.15, 0.2) is 5.65 Å². The van der Waals surface area contributed by atoms with E-state index in [0.717, 1.165) is 5.33 Å². The van der Waals surface area contributed by atoms with E-state index in [4.69, 9.17) is 4.74 Å². The maximum Gasteiger partial charge on any atom is 0.327 e. The van der Waals surface area contributed by atoms with Crippen LogP contribution >= 0.6 is 15.9 Å². The van der Waals surface area contributed by atoms with E-state index in [1.165, 1.54) is 0 Å². The van der Waals surface area contributed by atoms with Crippen LogP contribution in [0.15, 0.2) is 17.1 Å². The molecule has 2 N–H and O–H groups in total. The molecule has 0 spiro atoms. The summed E-state index contributed by atoms with van der Waals surface area (Å²) in [6, 6.07) is 1.78. The van der Waals surface area contributed by atoms with Crippen molar-refractivity contribution in [1.29, 1.82) is 0 Å². The Bertz CT molecular complexity index is 684. The molecule has 1 fully saturated rings. The number of hydrogen-bond donors (Lipinski definition) is 2. The van der Waals surface area contributed by atoms with E-state index in [2.05, 4.69) is 25.9 Å². The number of aromatic amines is 1. The fourth-order valence-corrected chi connectivity index (χ4v) is 2.87. The monoisotopic (exact) mass is 341 g/mol. The third-order valence-electron chi connectivity index (χ3n) is 3.59. The average molecular weight is 342 g/mol. The normalized spacial score (nSPS) is 25.6. The lowest BCUT2D eigenvalue weighted by Gasteiger charge is -2.41. The number of halogens is 1. The van der Waals surface area contributed by atoms with Crippen LogP contribution in [0.5, 0.6) is 5.75 Å². The Kier molecular flexibility index (Phi) is 3.33. The van der Waals surface area contributed by atoms with Crippen LogP contribution in [0.2, 0.25) is 0 Å². The lowest BCUT2D eigenvalue weighted by atomic mass is 9.77. The summed E-state index contributed by atoms with van der Waals surface area (Å²) in [5.74, 6) is 0.631. The zero-order valence-electron chi connectivity index (χ0n) is 11.1. The smallest absolute Gasteiger partial charge is 0.327 e. The summed E-state index contributed by atoms with van der Waals surface area (Å²) in [5.41, 5.74) is 0.410. The SMILES string of the molecule is CC1(O)CC(n2c(=O)[nH]c3cc(OCCBr)cnc32)C1. The summed E-state index contributed by atoms with van der Waals surface area (Å²) in [6.07, 6.45) is 2.76. The molecule has 0 bridgehead atoms. The van der Waals surface area contributed by atoms with E-state index in [9.17, 15) is 9.90 Å². The third kappa shape index (κ3) is 2.35. The van der Waals surface area contributed by atoms with Crippen LogP contribution in [0.4, 0.5) is 0 Å². The van der Waals surface area contributed by atoms with Crippen LogP contribution < -0.4 is 10.4 Å². The number of nitrogens with one attached hydrogen (secondary N) is 1. The molecule has 7 heteroatoms. The molecular formula is C13H16BrN3O3. The number of pyridine rings is 1. The minimum atomic E-state index is -0.674. The van der Waals surface area contributed by atoms with Crippen molar-refractivity contribution in [3.8, 4) is 5.75 Å². The summed E-state index contributed by atoms with van der Waals surface area (Å²) < 4.78 is 7.09. The number of H-pyrrole nitrogens is 1. The summed E-state index contributed by atoms with van der Waals surface area (Å²) in [7, 11) is 0. The number of ether oxygens (including phenoxy) is 1. The summed E-state index contributed by atoms with van der Waals surface area (Å²) >= 11 is 3.29. The van der Waals surface area contributed by atoms with Crippen molar-refractivity contribution in [2.24, 2.45) is 0 Å². The predicted octanol–water partition coefficient (Wildman–Crippen LogP) is 1.58. The number of hydrogen-bond acceptors (Lipinski definition) is 4. The number of imidazole rings is 1. The molecule has 0 saturated heterocycles. The van der Waals surface area contributed by atoms with Crippen molar-refractivity contribution >= 4 is 27.1 Å². The number of aliphatic hydroxyl groups is 1. The minimum Gasteiger partial charge on any atom is -0.491 e. The Morgan fingerprint density at radius 1 is 1.65 bits per heavy atom. The maximum atomic E-state index is 12.0. The van der Waals surface area contributed by atoms with Crippen LogP contribution in [0.3, 0.4) is 0 Å². The van der Waals surface area contributed by atoms with Crippen LogP contribution in [0, 0.1) is 0 Å². The Labute approximate surface area is 123 Å². The molecule has 1 aliphatic carbocycles. The topological polar surface area (TPSA) is 80.1 Å². The Morgan fingerprint density at radius 2 is 2.40 bits per heavy atom. The molecule has 0 radical (unpaired) electrons. The molecular weight excluding hydrogens is 326 g/mol. The number of fused-ring (bicyclic) bond motifs is 1. The highest BCUT2D eigenvalue weighted by atomic mass is 79.9. The van der Waals surface area contributed by atoms with Crippen LogP contribution in [0.25, 0.3) is 11.2 Å². The number of nitrogens with zero attached hydrogens (tertiary/aromatic N) is 2. The summed E-state index contributed by atoms with van der Waals surface area (Å²) in [5, 5.41) is 10.6. The minimum absolute atomic E-state index is 0.00746. The van der Waals surface area contributed by atoms with Gasteiger partial charge in [0.25, 0.3) is 0 Å². The molecule has 0 aliphatic heterocycles. The molecule has 1 saturated carbocycles. The van der Waals surface area contributed by atoms with Gasteiger partial charge < -0.3 is 14.8 Å². The molecule has 108 valence electrons. The van der Waals surface area contributed by atoms with Crippen LogP contribution in [0.1, 0.15) is 25.8 Å². The standard InChI is InChI=1S/C13H16BrN3O3/c1-13(19)5-8(6-13)17-11-10(16-12(17)18)4-9(7-15-11)20-3-2-14/h4,7-8,19H,2-3,5-6H2,1H3,(H,16,18). The van der Waals surface area contributed by atoms with Gasteiger partial charge >= 0.3 is 5.69 Å². The molecule has 2 heterocycles. The lowest BCUT2D eigenvalue weighted by molar-refractivity contribution is -0.0507. The van der Waals surface area contributed by atoms with Gasteiger partial charge in [0.05, 0.1) is 23.9 Å². The van der Waals surface area contributed by atoms with Crippen LogP contribution in [-0.4, -0.2) is 37.2 Å². The van der Waals surface area contributed by atoms with Gasteiger partial charge in [-0.15, -0.1) is 0 Å². The second-order valence-corrected chi connectivity index (χ2v) is 6.23. The van der Waals surface area contributed by atoms with Crippen molar-refractivity contribution in [3.63, 3.8) is 0 Å². The summed E-state index contributed by atoms with van der Waals surface area (Å²) in [6.45, 7) is 2.33. The van der Waals surface area contributed by atoms with E-state index in [0.29, 0.717) is 36.4 Å². The van der Waals surface area contributed by atoms with Gasteiger partial charge in [0.1, 0.15) is 5.75 Å². The highest BCUT2D eigenvalue weighted by molar-refractivity contribution is 9.09. The van der Waals surface area contributed by atoms with Gasteiger partial charge in [-0.25, -0.2) is 9.78 Å². The maximum absolute atomic E-state index is 12.0. The number of alkyl halides is 1. The Morgan fingerprint density at radius 3 is 3.05 bits per heavy atom. The van der Waals surface area contributed by atoms with Crippen molar-refractivity contribution in [3.05, 3.63) is 22.7 Å². The van der Waals surface area contributed by atoms with Gasteiger partial charge in [-0.1, -0.05) is 15.9 Å². The highest BCUT2D eigenvalue weighted by Gasteiger charge is 2.41. The van der Waals surface area contributed by atoms with E-state index >= 15 is 0 Å².